The van der Waals surface area contributed by atoms with Gasteiger partial charge in [0.15, 0.2) is 0 Å². The Hall–Kier alpha value is -2.92. The van der Waals surface area contributed by atoms with Crippen LogP contribution in [0.25, 0.3) is 22.4 Å². The Morgan fingerprint density at radius 2 is 1.61 bits per heavy atom. The molecule has 5 heteroatoms. The molecule has 0 aliphatic carbocycles. The maximum absolute atomic E-state index is 13.1. The van der Waals surface area contributed by atoms with Gasteiger partial charge in [-0.15, -0.1) is 0 Å². The van der Waals surface area contributed by atoms with Crippen molar-refractivity contribution < 1.29 is 4.79 Å². The van der Waals surface area contributed by atoms with Crippen LogP contribution in [0.2, 0.25) is 0 Å². The molecule has 4 rings (SSSR count). The number of hydrogen-bond donors (Lipinski definition) is 1. The lowest BCUT2D eigenvalue weighted by atomic mass is 9.86. The van der Waals surface area contributed by atoms with E-state index in [0.717, 1.165) is 32.6 Å². The van der Waals surface area contributed by atoms with Crippen LogP contribution in [-0.4, -0.2) is 15.5 Å². The lowest BCUT2D eigenvalue weighted by molar-refractivity contribution is -0.118. The first kappa shape index (κ1) is 21.3. The fourth-order valence-electron chi connectivity index (χ4n) is 3.66. The SMILES string of the molecule is CC(C(=O)Nc1ccc(Br)cc1)n1c(-c2ccc(C(C)(C)C)cc2)nc2ccccc21. The Balaban J connectivity index is 1.74. The number of aromatic nitrogens is 2. The molecule has 1 atom stereocenters. The molecule has 0 aliphatic rings. The molecule has 0 spiro atoms. The predicted molar refractivity (Wildman–Crippen MR) is 131 cm³/mol. The zero-order valence-corrected chi connectivity index (χ0v) is 19.8. The summed E-state index contributed by atoms with van der Waals surface area (Å²) in [5, 5.41) is 3.02. The molecule has 31 heavy (non-hydrogen) atoms. The van der Waals surface area contributed by atoms with Gasteiger partial charge in [-0.05, 0) is 54.3 Å². The van der Waals surface area contributed by atoms with Crippen LogP contribution < -0.4 is 5.32 Å². The molecule has 4 aromatic rings. The van der Waals surface area contributed by atoms with Gasteiger partial charge in [-0.1, -0.05) is 73.1 Å². The monoisotopic (exact) mass is 475 g/mol. The van der Waals surface area contributed by atoms with E-state index in [1.54, 1.807) is 0 Å². The number of carbonyl (C=O) groups excluding carboxylic acids is 1. The van der Waals surface area contributed by atoms with E-state index in [1.165, 1.54) is 5.56 Å². The van der Waals surface area contributed by atoms with E-state index >= 15 is 0 Å². The molecule has 1 heterocycles. The standard InChI is InChI=1S/C26H26BrN3O/c1-17(25(31)28-21-15-13-20(27)14-16-21)30-23-8-6-5-7-22(23)29-24(30)18-9-11-19(12-10-18)26(2,3)4/h5-17H,1-4H3,(H,28,31). The first-order chi connectivity index (χ1) is 14.7. The van der Waals surface area contributed by atoms with Crippen LogP contribution >= 0.6 is 15.9 Å². The Labute approximate surface area is 191 Å². The number of benzene rings is 3. The van der Waals surface area contributed by atoms with Gasteiger partial charge in [0.05, 0.1) is 11.0 Å². The highest BCUT2D eigenvalue weighted by atomic mass is 79.9. The average molecular weight is 476 g/mol. The molecule has 3 aromatic carbocycles. The van der Waals surface area contributed by atoms with Gasteiger partial charge in [-0.25, -0.2) is 4.98 Å². The molecule has 4 nitrogen and oxygen atoms in total. The van der Waals surface area contributed by atoms with Crippen LogP contribution in [-0.2, 0) is 10.2 Å². The van der Waals surface area contributed by atoms with Crippen LogP contribution in [0.1, 0.15) is 39.3 Å². The molecule has 1 N–H and O–H groups in total. The number of halogens is 1. The molecule has 1 unspecified atom stereocenters. The lowest BCUT2D eigenvalue weighted by Gasteiger charge is -2.20. The lowest BCUT2D eigenvalue weighted by Crippen LogP contribution is -2.24. The van der Waals surface area contributed by atoms with Gasteiger partial charge >= 0.3 is 0 Å². The Morgan fingerprint density at radius 3 is 2.26 bits per heavy atom. The number of imidazole rings is 1. The first-order valence-corrected chi connectivity index (χ1v) is 11.2. The van der Waals surface area contributed by atoms with Crippen molar-refractivity contribution in [3.63, 3.8) is 0 Å². The molecular formula is C26H26BrN3O. The van der Waals surface area contributed by atoms with Crippen molar-refractivity contribution in [1.29, 1.82) is 0 Å². The maximum atomic E-state index is 13.1. The van der Waals surface area contributed by atoms with Crippen LogP contribution in [0, 0.1) is 0 Å². The number of amides is 1. The van der Waals surface area contributed by atoms with Crippen molar-refractivity contribution in [3.05, 3.63) is 82.8 Å². The topological polar surface area (TPSA) is 46.9 Å². The van der Waals surface area contributed by atoms with Gasteiger partial charge in [0.2, 0.25) is 5.91 Å². The summed E-state index contributed by atoms with van der Waals surface area (Å²) < 4.78 is 3.00. The quantitative estimate of drug-likeness (QED) is 0.346. The number of para-hydroxylation sites is 2. The van der Waals surface area contributed by atoms with Gasteiger partial charge in [0.25, 0.3) is 0 Å². The summed E-state index contributed by atoms with van der Waals surface area (Å²) in [7, 11) is 0. The zero-order chi connectivity index (χ0) is 22.2. The van der Waals surface area contributed by atoms with Crippen molar-refractivity contribution in [3.8, 4) is 11.4 Å². The number of hydrogen-bond acceptors (Lipinski definition) is 2. The summed E-state index contributed by atoms with van der Waals surface area (Å²) >= 11 is 3.43. The normalized spacial score (nSPS) is 12.7. The molecular weight excluding hydrogens is 450 g/mol. The van der Waals surface area contributed by atoms with Gasteiger partial charge < -0.3 is 9.88 Å². The molecule has 0 bridgehead atoms. The first-order valence-electron chi connectivity index (χ1n) is 10.4. The van der Waals surface area contributed by atoms with Crippen molar-refractivity contribution >= 4 is 38.6 Å². The highest BCUT2D eigenvalue weighted by Gasteiger charge is 2.23. The summed E-state index contributed by atoms with van der Waals surface area (Å²) in [4.78, 5) is 18.0. The van der Waals surface area contributed by atoms with E-state index in [-0.39, 0.29) is 11.3 Å². The summed E-state index contributed by atoms with van der Waals surface area (Å²) in [5.74, 6) is 0.707. The second kappa shape index (κ2) is 8.31. The third kappa shape index (κ3) is 4.42. The number of nitrogens with one attached hydrogen (secondary N) is 1. The second-order valence-electron chi connectivity index (χ2n) is 8.79. The van der Waals surface area contributed by atoms with Crippen molar-refractivity contribution in [2.75, 3.05) is 5.32 Å². The van der Waals surface area contributed by atoms with E-state index in [0.29, 0.717) is 0 Å². The third-order valence-electron chi connectivity index (χ3n) is 5.48. The van der Waals surface area contributed by atoms with E-state index in [9.17, 15) is 4.79 Å². The van der Waals surface area contributed by atoms with Crippen LogP contribution in [0.4, 0.5) is 5.69 Å². The molecule has 1 amide bonds. The summed E-state index contributed by atoms with van der Waals surface area (Å²) in [6.07, 6.45) is 0. The fraction of sp³-hybridized carbons (Fsp3) is 0.231. The molecule has 0 saturated heterocycles. The predicted octanol–water partition coefficient (Wildman–Crippen LogP) is 6.96. The van der Waals surface area contributed by atoms with Gasteiger partial charge in [-0.3, -0.25) is 4.79 Å². The van der Waals surface area contributed by atoms with E-state index in [4.69, 9.17) is 4.98 Å². The van der Waals surface area contributed by atoms with Crippen LogP contribution in [0.3, 0.4) is 0 Å². The molecule has 0 radical (unpaired) electrons. The highest BCUT2D eigenvalue weighted by molar-refractivity contribution is 9.10. The number of fused-ring (bicyclic) bond motifs is 1. The number of rotatable bonds is 4. The zero-order valence-electron chi connectivity index (χ0n) is 18.2. The van der Waals surface area contributed by atoms with E-state index in [1.807, 2.05) is 60.0 Å². The Kier molecular flexibility index (Phi) is 5.71. The summed E-state index contributed by atoms with van der Waals surface area (Å²) in [6, 6.07) is 23.6. The van der Waals surface area contributed by atoms with E-state index in [2.05, 4.69) is 66.3 Å². The average Bonchev–Trinajstić information content (AvgIpc) is 3.14. The van der Waals surface area contributed by atoms with Gasteiger partial charge in [0, 0.05) is 15.7 Å². The molecule has 1 aromatic heterocycles. The van der Waals surface area contributed by atoms with Crippen molar-refractivity contribution in [2.24, 2.45) is 0 Å². The Bertz CT molecular complexity index is 1220. The minimum atomic E-state index is -0.437. The van der Waals surface area contributed by atoms with E-state index < -0.39 is 6.04 Å². The molecule has 0 fully saturated rings. The fourth-order valence-corrected chi connectivity index (χ4v) is 3.92. The third-order valence-corrected chi connectivity index (χ3v) is 6.01. The number of anilines is 1. The Morgan fingerprint density at radius 1 is 0.968 bits per heavy atom. The van der Waals surface area contributed by atoms with Crippen LogP contribution in [0.5, 0.6) is 0 Å². The highest BCUT2D eigenvalue weighted by Crippen LogP contribution is 2.31. The second-order valence-corrected chi connectivity index (χ2v) is 9.71. The molecule has 0 saturated carbocycles. The smallest absolute Gasteiger partial charge is 0.247 e. The minimum absolute atomic E-state index is 0.0799. The van der Waals surface area contributed by atoms with Gasteiger partial charge in [-0.2, -0.15) is 0 Å². The molecule has 158 valence electrons. The summed E-state index contributed by atoms with van der Waals surface area (Å²) in [5.41, 5.74) is 4.92. The minimum Gasteiger partial charge on any atom is -0.324 e. The summed E-state index contributed by atoms with van der Waals surface area (Å²) in [6.45, 7) is 8.51. The largest absolute Gasteiger partial charge is 0.324 e. The van der Waals surface area contributed by atoms with Gasteiger partial charge in [0.1, 0.15) is 11.9 Å². The number of nitrogens with zero attached hydrogens (tertiary/aromatic N) is 2. The van der Waals surface area contributed by atoms with Crippen molar-refractivity contribution in [1.82, 2.24) is 9.55 Å². The number of carbonyl (C=O) groups is 1. The molecule has 0 aliphatic heterocycles. The van der Waals surface area contributed by atoms with Crippen LogP contribution in [0.15, 0.2) is 77.3 Å². The van der Waals surface area contributed by atoms with Crippen molar-refractivity contribution in [2.45, 2.75) is 39.2 Å². The maximum Gasteiger partial charge on any atom is 0.247 e.